The zero-order chi connectivity index (χ0) is 15.8. The van der Waals surface area contributed by atoms with Crippen LogP contribution in [0.5, 0.6) is 5.75 Å². The molecule has 2 nitrogen and oxygen atoms in total. The Morgan fingerprint density at radius 2 is 1.61 bits per heavy atom. The lowest BCUT2D eigenvalue weighted by Gasteiger charge is -2.13. The van der Waals surface area contributed by atoms with Crippen molar-refractivity contribution < 1.29 is 9.90 Å². The number of phenols is 1. The van der Waals surface area contributed by atoms with Gasteiger partial charge in [0.2, 0.25) is 0 Å². The highest BCUT2D eigenvalue weighted by Gasteiger charge is 2.21. The van der Waals surface area contributed by atoms with E-state index in [0.717, 1.165) is 29.4 Å². The van der Waals surface area contributed by atoms with Crippen molar-refractivity contribution in [1.29, 1.82) is 0 Å². The summed E-state index contributed by atoms with van der Waals surface area (Å²) in [6.45, 7) is 0. The first-order valence-corrected chi connectivity index (χ1v) is 7.74. The Hall–Kier alpha value is -2.87. The van der Waals surface area contributed by atoms with Crippen molar-refractivity contribution in [3.63, 3.8) is 0 Å². The Labute approximate surface area is 135 Å². The van der Waals surface area contributed by atoms with Gasteiger partial charge < -0.3 is 9.90 Å². The van der Waals surface area contributed by atoms with Crippen LogP contribution >= 0.6 is 0 Å². The molecule has 0 bridgehead atoms. The summed E-state index contributed by atoms with van der Waals surface area (Å²) in [6.07, 6.45) is 2.10. The summed E-state index contributed by atoms with van der Waals surface area (Å²) in [5.74, 6) is 0.196. The smallest absolute Gasteiger partial charge is 0.124 e. The highest BCUT2D eigenvalue weighted by Crippen LogP contribution is 2.42. The van der Waals surface area contributed by atoms with Crippen LogP contribution in [0.2, 0.25) is 0 Å². The molecular formula is C21H16O2. The number of hydrogen-bond acceptors (Lipinski definition) is 2. The fourth-order valence-corrected chi connectivity index (χ4v) is 3.51. The van der Waals surface area contributed by atoms with Crippen LogP contribution < -0.4 is 0 Å². The van der Waals surface area contributed by atoms with Gasteiger partial charge in [-0.1, -0.05) is 48.5 Å². The van der Waals surface area contributed by atoms with Gasteiger partial charge in [-0.05, 0) is 57.5 Å². The largest absolute Gasteiger partial charge is 0.508 e. The molecule has 0 fully saturated rings. The second-order valence-electron chi connectivity index (χ2n) is 5.88. The molecule has 0 aromatic heterocycles. The molecule has 0 amide bonds. The van der Waals surface area contributed by atoms with Crippen LogP contribution in [0.4, 0.5) is 0 Å². The molecule has 0 heterocycles. The lowest BCUT2D eigenvalue weighted by atomic mass is 9.91. The third-order valence-electron chi connectivity index (χ3n) is 4.53. The Morgan fingerprint density at radius 3 is 2.43 bits per heavy atom. The maximum atomic E-state index is 11.0. The van der Waals surface area contributed by atoms with Gasteiger partial charge in [0.05, 0.1) is 0 Å². The summed E-state index contributed by atoms with van der Waals surface area (Å²) in [5, 5.41) is 9.73. The molecule has 4 rings (SSSR count). The van der Waals surface area contributed by atoms with E-state index < -0.39 is 0 Å². The molecule has 0 aliphatic heterocycles. The number of carbonyl (C=O) groups is 1. The molecule has 2 heteroatoms. The molecule has 0 spiro atoms. The van der Waals surface area contributed by atoms with Crippen LogP contribution in [-0.2, 0) is 17.6 Å². The van der Waals surface area contributed by atoms with Crippen LogP contribution in [0.15, 0.2) is 60.7 Å². The molecule has 0 unspecified atom stereocenters. The maximum Gasteiger partial charge on any atom is 0.124 e. The van der Waals surface area contributed by atoms with Crippen LogP contribution in [-0.4, -0.2) is 11.4 Å². The number of phenolic OH excluding ortho intramolecular Hbond substituents is 1. The minimum Gasteiger partial charge on any atom is -0.508 e. The highest BCUT2D eigenvalue weighted by atomic mass is 16.3. The predicted octanol–water partition coefficient (Wildman–Crippen LogP) is 4.37. The second-order valence-corrected chi connectivity index (χ2v) is 5.88. The first kappa shape index (κ1) is 13.8. The van der Waals surface area contributed by atoms with Gasteiger partial charge in [0.25, 0.3) is 0 Å². The van der Waals surface area contributed by atoms with E-state index in [9.17, 15) is 9.90 Å². The van der Waals surface area contributed by atoms with E-state index >= 15 is 0 Å². The van der Waals surface area contributed by atoms with E-state index in [0.29, 0.717) is 6.42 Å². The average Bonchev–Trinajstić information content (AvgIpc) is 2.94. The number of carbonyl (C=O) groups excluding carboxylic acids is 1. The normalized spacial score (nSPS) is 11.8. The summed E-state index contributed by atoms with van der Waals surface area (Å²) in [5.41, 5.74) is 8.24. The van der Waals surface area contributed by atoms with Crippen molar-refractivity contribution in [2.75, 3.05) is 0 Å². The van der Waals surface area contributed by atoms with Gasteiger partial charge in [-0.15, -0.1) is 0 Å². The molecule has 0 saturated carbocycles. The molecule has 0 saturated heterocycles. The van der Waals surface area contributed by atoms with Crippen molar-refractivity contribution in [1.82, 2.24) is 0 Å². The Bertz CT molecular complexity index is 909. The van der Waals surface area contributed by atoms with Gasteiger partial charge in [0, 0.05) is 6.42 Å². The van der Waals surface area contributed by atoms with Crippen molar-refractivity contribution in [3.8, 4) is 28.0 Å². The summed E-state index contributed by atoms with van der Waals surface area (Å²) in [6, 6.07) is 20.1. The predicted molar refractivity (Wildman–Crippen MR) is 91.6 cm³/mol. The van der Waals surface area contributed by atoms with Gasteiger partial charge in [-0.3, -0.25) is 0 Å². The van der Waals surface area contributed by atoms with Crippen LogP contribution in [0, 0.1) is 0 Å². The van der Waals surface area contributed by atoms with Crippen LogP contribution in [0.25, 0.3) is 22.3 Å². The maximum absolute atomic E-state index is 11.0. The number of aromatic hydroxyl groups is 1. The van der Waals surface area contributed by atoms with Crippen LogP contribution in [0.1, 0.15) is 16.7 Å². The average molecular weight is 300 g/mol. The molecular weight excluding hydrogens is 284 g/mol. The van der Waals surface area contributed by atoms with E-state index in [2.05, 4.69) is 42.5 Å². The minimum absolute atomic E-state index is 0.196. The number of fused-ring (bicyclic) bond motifs is 3. The molecule has 3 aromatic carbocycles. The Kier molecular flexibility index (Phi) is 3.23. The molecule has 0 radical (unpaired) electrons. The van der Waals surface area contributed by atoms with E-state index in [-0.39, 0.29) is 5.75 Å². The summed E-state index contributed by atoms with van der Waals surface area (Å²) in [7, 11) is 0. The van der Waals surface area contributed by atoms with Gasteiger partial charge in [0.1, 0.15) is 12.0 Å². The van der Waals surface area contributed by atoms with E-state index in [4.69, 9.17) is 0 Å². The van der Waals surface area contributed by atoms with Crippen molar-refractivity contribution in [2.24, 2.45) is 0 Å². The fourth-order valence-electron chi connectivity index (χ4n) is 3.51. The van der Waals surface area contributed by atoms with E-state index in [1.807, 2.05) is 6.07 Å². The lowest BCUT2D eigenvalue weighted by Crippen LogP contribution is -1.94. The van der Waals surface area contributed by atoms with Gasteiger partial charge in [0.15, 0.2) is 0 Å². The first-order chi connectivity index (χ1) is 11.3. The number of hydrogen-bond donors (Lipinski definition) is 1. The quantitative estimate of drug-likeness (QED) is 0.570. The van der Waals surface area contributed by atoms with Gasteiger partial charge in [-0.25, -0.2) is 0 Å². The molecule has 23 heavy (non-hydrogen) atoms. The number of rotatable bonds is 3. The van der Waals surface area contributed by atoms with Crippen LogP contribution in [0.3, 0.4) is 0 Å². The number of benzene rings is 3. The fraction of sp³-hybridized carbons (Fsp3) is 0.0952. The number of aldehydes is 1. The lowest BCUT2D eigenvalue weighted by molar-refractivity contribution is -0.107. The second kappa shape index (κ2) is 5.40. The van der Waals surface area contributed by atoms with E-state index in [1.54, 1.807) is 12.1 Å². The molecule has 1 aliphatic carbocycles. The molecule has 0 atom stereocenters. The topological polar surface area (TPSA) is 37.3 Å². The molecule has 3 aromatic rings. The van der Waals surface area contributed by atoms with Crippen molar-refractivity contribution in [3.05, 3.63) is 77.4 Å². The molecule has 1 N–H and O–H groups in total. The molecule has 112 valence electrons. The minimum atomic E-state index is 0.196. The Balaban J connectivity index is 1.92. The van der Waals surface area contributed by atoms with Gasteiger partial charge in [-0.2, -0.15) is 0 Å². The summed E-state index contributed by atoms with van der Waals surface area (Å²) < 4.78 is 0. The van der Waals surface area contributed by atoms with E-state index in [1.165, 1.54) is 22.3 Å². The highest BCUT2D eigenvalue weighted by molar-refractivity contribution is 5.86. The third-order valence-corrected chi connectivity index (χ3v) is 4.53. The zero-order valence-electron chi connectivity index (χ0n) is 12.6. The summed E-state index contributed by atoms with van der Waals surface area (Å²) >= 11 is 0. The molecule has 1 aliphatic rings. The summed E-state index contributed by atoms with van der Waals surface area (Å²) in [4.78, 5) is 11.0. The first-order valence-electron chi connectivity index (χ1n) is 7.74. The SMILES string of the molecule is O=CCc1cc(O)ccc1-c1cccc2c1Cc1ccccc1-2. The van der Waals surface area contributed by atoms with Crippen molar-refractivity contribution >= 4 is 6.29 Å². The monoisotopic (exact) mass is 300 g/mol. The zero-order valence-corrected chi connectivity index (χ0v) is 12.6. The third kappa shape index (κ3) is 2.23. The Morgan fingerprint density at radius 1 is 0.870 bits per heavy atom. The van der Waals surface area contributed by atoms with Crippen molar-refractivity contribution in [2.45, 2.75) is 12.8 Å². The standard InChI is InChI=1S/C21H16O2/c22-11-10-15-12-16(23)8-9-18(15)20-7-3-6-19-17-5-2-1-4-14(17)13-21(19)20/h1-9,11-12,23H,10,13H2. The van der Waals surface area contributed by atoms with Gasteiger partial charge >= 0.3 is 0 Å².